The molecule has 172 valence electrons. The molecule has 3 heterocycles. The predicted octanol–water partition coefficient (Wildman–Crippen LogP) is 4.14. The van der Waals surface area contributed by atoms with Crippen molar-refractivity contribution < 1.29 is 23.1 Å². The Hall–Kier alpha value is -4.04. The summed E-state index contributed by atoms with van der Waals surface area (Å²) in [5.74, 6) is -0.709. The zero-order chi connectivity index (χ0) is 23.5. The molecular weight excluding hydrogens is 437 g/mol. The van der Waals surface area contributed by atoms with Gasteiger partial charge >= 0.3 is 0 Å². The highest BCUT2D eigenvalue weighted by molar-refractivity contribution is 6.07. The Balaban J connectivity index is 1.42. The molecule has 0 saturated carbocycles. The maximum Gasteiger partial charge on any atom is 0.270 e. The van der Waals surface area contributed by atoms with Gasteiger partial charge < -0.3 is 9.15 Å². The molecule has 1 fully saturated rings. The maximum absolute atomic E-state index is 13.5. The summed E-state index contributed by atoms with van der Waals surface area (Å²) in [5, 5.41) is 0.642. The molecule has 1 aliphatic rings. The zero-order valence-corrected chi connectivity index (χ0v) is 18.2. The summed E-state index contributed by atoms with van der Waals surface area (Å²) < 4.78 is 24.4. The third-order valence-corrected chi connectivity index (χ3v) is 6.20. The van der Waals surface area contributed by atoms with Gasteiger partial charge in [0.05, 0.1) is 22.8 Å². The number of hydrogen-bond donors (Lipinski definition) is 2. The van der Waals surface area contributed by atoms with E-state index in [0.717, 1.165) is 0 Å². The van der Waals surface area contributed by atoms with Gasteiger partial charge in [0.15, 0.2) is 5.76 Å². The SMILES string of the molecule is O=C(NNC(=O)C1(c2ccc(F)cc2)CCOCC1)c1cc(-c2ccco2)nc2ccccc12. The van der Waals surface area contributed by atoms with E-state index in [9.17, 15) is 14.0 Å². The smallest absolute Gasteiger partial charge is 0.270 e. The van der Waals surface area contributed by atoms with Crippen LogP contribution in [0.2, 0.25) is 0 Å². The summed E-state index contributed by atoms with van der Waals surface area (Å²) in [7, 11) is 0. The Kier molecular flexibility index (Phi) is 5.81. The van der Waals surface area contributed by atoms with Crippen molar-refractivity contribution in [3.63, 3.8) is 0 Å². The highest BCUT2D eigenvalue weighted by Gasteiger charge is 2.42. The summed E-state index contributed by atoms with van der Waals surface area (Å²) in [6, 6.07) is 18.3. The second kappa shape index (κ2) is 9.07. The number of halogens is 1. The Labute approximate surface area is 194 Å². The summed E-state index contributed by atoms with van der Waals surface area (Å²) in [6.07, 6.45) is 2.37. The van der Waals surface area contributed by atoms with Crippen LogP contribution in [0.25, 0.3) is 22.4 Å². The van der Waals surface area contributed by atoms with Crippen molar-refractivity contribution in [2.75, 3.05) is 13.2 Å². The van der Waals surface area contributed by atoms with Crippen LogP contribution in [0, 0.1) is 5.82 Å². The number of amides is 2. The highest BCUT2D eigenvalue weighted by atomic mass is 19.1. The third kappa shape index (κ3) is 4.04. The average Bonchev–Trinajstić information content (AvgIpc) is 3.42. The average molecular weight is 459 g/mol. The fraction of sp³-hybridized carbons (Fsp3) is 0.192. The van der Waals surface area contributed by atoms with E-state index in [0.29, 0.717) is 59.5 Å². The summed E-state index contributed by atoms with van der Waals surface area (Å²) >= 11 is 0. The summed E-state index contributed by atoms with van der Waals surface area (Å²) in [5.41, 5.74) is 6.37. The van der Waals surface area contributed by atoms with Crippen molar-refractivity contribution in [2.45, 2.75) is 18.3 Å². The fourth-order valence-electron chi connectivity index (χ4n) is 4.35. The molecule has 1 aliphatic heterocycles. The normalized spacial score (nSPS) is 15.1. The van der Waals surface area contributed by atoms with Crippen molar-refractivity contribution in [2.24, 2.45) is 0 Å². The molecule has 8 heteroatoms. The fourth-order valence-corrected chi connectivity index (χ4v) is 4.35. The standard InChI is InChI=1S/C26H22FN3O4/c27-18-9-7-17(8-10-18)26(11-14-33-15-12-26)25(32)30-29-24(31)20-16-22(23-6-3-13-34-23)28-21-5-2-1-4-19(20)21/h1-10,13,16H,11-12,14-15H2,(H,29,31)(H,30,32). The number of benzene rings is 2. The van der Waals surface area contributed by atoms with Gasteiger partial charge in [-0.1, -0.05) is 30.3 Å². The number of pyridine rings is 1. The van der Waals surface area contributed by atoms with E-state index in [1.54, 1.807) is 36.4 Å². The van der Waals surface area contributed by atoms with E-state index < -0.39 is 11.3 Å². The lowest BCUT2D eigenvalue weighted by Crippen LogP contribution is -2.53. The molecule has 2 aromatic heterocycles. The second-order valence-electron chi connectivity index (χ2n) is 8.16. The molecule has 0 bridgehead atoms. The number of ether oxygens (including phenoxy) is 1. The molecule has 0 unspecified atom stereocenters. The van der Waals surface area contributed by atoms with E-state index >= 15 is 0 Å². The van der Waals surface area contributed by atoms with Gasteiger partial charge in [-0.2, -0.15) is 0 Å². The lowest BCUT2D eigenvalue weighted by molar-refractivity contribution is -0.131. The quantitative estimate of drug-likeness (QED) is 0.448. The van der Waals surface area contributed by atoms with Crippen molar-refractivity contribution >= 4 is 22.7 Å². The van der Waals surface area contributed by atoms with Crippen LogP contribution in [0.5, 0.6) is 0 Å². The van der Waals surface area contributed by atoms with Gasteiger partial charge in [-0.3, -0.25) is 20.4 Å². The number of furan rings is 1. The van der Waals surface area contributed by atoms with E-state index in [1.165, 1.54) is 18.4 Å². The minimum atomic E-state index is -0.932. The molecular formula is C26H22FN3O4. The number of nitrogens with one attached hydrogen (secondary N) is 2. The zero-order valence-electron chi connectivity index (χ0n) is 18.2. The first kappa shape index (κ1) is 21.8. The van der Waals surface area contributed by atoms with E-state index in [1.807, 2.05) is 18.2 Å². The molecule has 5 rings (SSSR count). The van der Waals surface area contributed by atoms with Gasteiger partial charge in [0.2, 0.25) is 5.91 Å². The van der Waals surface area contributed by atoms with Crippen LogP contribution in [0.4, 0.5) is 4.39 Å². The molecule has 0 atom stereocenters. The molecule has 2 amide bonds. The number of fused-ring (bicyclic) bond motifs is 1. The number of carbonyl (C=O) groups excluding carboxylic acids is 2. The van der Waals surface area contributed by atoms with Crippen molar-refractivity contribution in [3.8, 4) is 11.5 Å². The van der Waals surface area contributed by atoms with Crippen molar-refractivity contribution in [1.82, 2.24) is 15.8 Å². The monoisotopic (exact) mass is 459 g/mol. The first-order valence-corrected chi connectivity index (χ1v) is 11.0. The number of carbonyl (C=O) groups is 2. The maximum atomic E-state index is 13.5. The number of nitrogens with zero attached hydrogens (tertiary/aromatic N) is 1. The van der Waals surface area contributed by atoms with E-state index in [4.69, 9.17) is 9.15 Å². The third-order valence-electron chi connectivity index (χ3n) is 6.20. The van der Waals surface area contributed by atoms with Crippen LogP contribution < -0.4 is 10.9 Å². The number of para-hydroxylation sites is 1. The number of hydrogen-bond acceptors (Lipinski definition) is 5. The molecule has 0 radical (unpaired) electrons. The molecule has 0 aliphatic carbocycles. The minimum Gasteiger partial charge on any atom is -0.463 e. The first-order valence-electron chi connectivity index (χ1n) is 11.0. The Morgan fingerprint density at radius 1 is 0.941 bits per heavy atom. The largest absolute Gasteiger partial charge is 0.463 e. The number of rotatable bonds is 4. The van der Waals surface area contributed by atoms with Crippen LogP contribution in [0.3, 0.4) is 0 Å². The molecule has 1 saturated heterocycles. The Morgan fingerprint density at radius 3 is 2.44 bits per heavy atom. The van der Waals surface area contributed by atoms with Gasteiger partial charge in [-0.05, 0) is 54.8 Å². The van der Waals surface area contributed by atoms with Crippen molar-refractivity contribution in [3.05, 3.63) is 89.9 Å². The molecule has 2 aromatic carbocycles. The summed E-state index contributed by atoms with van der Waals surface area (Å²) in [6.45, 7) is 0.778. The topological polar surface area (TPSA) is 93.5 Å². The second-order valence-corrected chi connectivity index (χ2v) is 8.16. The lowest BCUT2D eigenvalue weighted by Gasteiger charge is -2.36. The van der Waals surface area contributed by atoms with Gasteiger partial charge in [0, 0.05) is 18.6 Å². The Morgan fingerprint density at radius 2 is 1.71 bits per heavy atom. The van der Waals surface area contributed by atoms with Crippen LogP contribution in [-0.4, -0.2) is 30.0 Å². The van der Waals surface area contributed by atoms with Crippen LogP contribution in [0.15, 0.2) is 77.4 Å². The van der Waals surface area contributed by atoms with Gasteiger partial charge in [-0.25, -0.2) is 9.37 Å². The van der Waals surface area contributed by atoms with Crippen LogP contribution >= 0.6 is 0 Å². The molecule has 0 spiro atoms. The minimum absolute atomic E-state index is 0.347. The van der Waals surface area contributed by atoms with Gasteiger partial charge in [0.25, 0.3) is 5.91 Å². The first-order chi connectivity index (χ1) is 16.6. The predicted molar refractivity (Wildman–Crippen MR) is 123 cm³/mol. The molecule has 2 N–H and O–H groups in total. The highest BCUT2D eigenvalue weighted by Crippen LogP contribution is 2.35. The molecule has 7 nitrogen and oxygen atoms in total. The van der Waals surface area contributed by atoms with Crippen LogP contribution in [-0.2, 0) is 14.9 Å². The van der Waals surface area contributed by atoms with Crippen LogP contribution in [0.1, 0.15) is 28.8 Å². The van der Waals surface area contributed by atoms with E-state index in [-0.39, 0.29) is 11.7 Å². The van der Waals surface area contributed by atoms with Gasteiger partial charge in [0.1, 0.15) is 11.5 Å². The lowest BCUT2D eigenvalue weighted by atomic mass is 9.73. The number of hydrazine groups is 1. The van der Waals surface area contributed by atoms with Gasteiger partial charge in [-0.15, -0.1) is 0 Å². The molecule has 34 heavy (non-hydrogen) atoms. The summed E-state index contributed by atoms with van der Waals surface area (Å²) in [4.78, 5) is 31.1. The molecule has 4 aromatic rings. The Bertz CT molecular complexity index is 1330. The van der Waals surface area contributed by atoms with E-state index in [2.05, 4.69) is 15.8 Å². The van der Waals surface area contributed by atoms with Crippen molar-refractivity contribution in [1.29, 1.82) is 0 Å². The number of aromatic nitrogens is 1.